The third kappa shape index (κ3) is 3.43. The van der Waals surface area contributed by atoms with Gasteiger partial charge in [-0.3, -0.25) is 9.59 Å². The van der Waals surface area contributed by atoms with E-state index in [9.17, 15) is 9.59 Å². The van der Waals surface area contributed by atoms with Crippen molar-refractivity contribution >= 4 is 28.2 Å². The average molecular weight is 372 g/mol. The number of hydrogen-bond donors (Lipinski definition) is 1. The molecule has 6 heteroatoms. The van der Waals surface area contributed by atoms with E-state index in [4.69, 9.17) is 4.42 Å². The quantitative estimate of drug-likeness (QED) is 0.863. The Morgan fingerprint density at radius 1 is 1.04 bits per heavy atom. The van der Waals surface area contributed by atoms with Crippen LogP contribution in [-0.4, -0.2) is 29.8 Å². The third-order valence-electron chi connectivity index (χ3n) is 5.25. The maximum Gasteiger partial charge on any atom is 0.291 e. The lowest BCUT2D eigenvalue weighted by Crippen LogP contribution is -2.33. The monoisotopic (exact) mass is 372 g/mol. The van der Waals surface area contributed by atoms with Crippen LogP contribution < -0.4 is 5.32 Å². The fourth-order valence-corrected chi connectivity index (χ4v) is 5.16. The van der Waals surface area contributed by atoms with Crippen molar-refractivity contribution in [3.8, 4) is 0 Å². The number of aryl methyl sites for hydroxylation is 1. The van der Waals surface area contributed by atoms with Crippen LogP contribution in [0.2, 0.25) is 0 Å². The molecule has 0 bridgehead atoms. The molecule has 26 heavy (non-hydrogen) atoms. The number of carbonyl (C=O) groups excluding carboxylic acids is 2. The number of nitrogens with one attached hydrogen (secondary N) is 1. The summed E-state index contributed by atoms with van der Waals surface area (Å²) in [6.07, 6.45) is 10.2. The Bertz CT molecular complexity index is 786. The number of nitrogens with zero attached hydrogens (tertiary/aromatic N) is 1. The van der Waals surface area contributed by atoms with Gasteiger partial charge in [-0.15, -0.1) is 11.3 Å². The van der Waals surface area contributed by atoms with E-state index in [1.54, 1.807) is 23.5 Å². The molecule has 2 aromatic heterocycles. The number of thiophene rings is 1. The molecule has 2 aromatic rings. The van der Waals surface area contributed by atoms with Crippen molar-refractivity contribution in [2.45, 2.75) is 51.4 Å². The van der Waals surface area contributed by atoms with Crippen LogP contribution in [0.5, 0.6) is 0 Å². The van der Waals surface area contributed by atoms with E-state index in [0.717, 1.165) is 62.7 Å². The first-order chi connectivity index (χ1) is 12.7. The van der Waals surface area contributed by atoms with Crippen molar-refractivity contribution in [3.05, 3.63) is 40.2 Å². The molecule has 0 radical (unpaired) electrons. The van der Waals surface area contributed by atoms with Crippen LogP contribution in [0.25, 0.3) is 0 Å². The summed E-state index contributed by atoms with van der Waals surface area (Å²) < 4.78 is 5.20. The Morgan fingerprint density at radius 2 is 1.81 bits per heavy atom. The smallest absolute Gasteiger partial charge is 0.291 e. The molecule has 0 spiro atoms. The molecule has 2 amide bonds. The zero-order chi connectivity index (χ0) is 17.9. The molecular weight excluding hydrogens is 348 g/mol. The van der Waals surface area contributed by atoms with Crippen LogP contribution in [-0.2, 0) is 12.8 Å². The molecule has 138 valence electrons. The van der Waals surface area contributed by atoms with Gasteiger partial charge in [0.05, 0.1) is 11.8 Å². The SMILES string of the molecule is O=C(Nc1sc2c(c1C(=O)N1CCCCCC1)CCCC2)c1ccco1. The van der Waals surface area contributed by atoms with Crippen LogP contribution in [0.3, 0.4) is 0 Å². The van der Waals surface area contributed by atoms with Crippen molar-refractivity contribution in [3.63, 3.8) is 0 Å². The van der Waals surface area contributed by atoms with Crippen LogP contribution >= 0.6 is 11.3 Å². The fraction of sp³-hybridized carbons (Fsp3) is 0.500. The van der Waals surface area contributed by atoms with Crippen molar-refractivity contribution < 1.29 is 14.0 Å². The van der Waals surface area contributed by atoms with Crippen molar-refractivity contribution in [1.82, 2.24) is 4.90 Å². The van der Waals surface area contributed by atoms with E-state index in [-0.39, 0.29) is 17.6 Å². The molecule has 1 aliphatic heterocycles. The van der Waals surface area contributed by atoms with Gasteiger partial charge in [0.15, 0.2) is 5.76 Å². The average Bonchev–Trinajstić information content (AvgIpc) is 3.22. The first-order valence-electron chi connectivity index (χ1n) is 9.52. The van der Waals surface area contributed by atoms with E-state index < -0.39 is 0 Å². The number of amides is 2. The summed E-state index contributed by atoms with van der Waals surface area (Å²) in [5.41, 5.74) is 1.89. The minimum absolute atomic E-state index is 0.0843. The van der Waals surface area contributed by atoms with E-state index in [1.807, 2.05) is 4.90 Å². The number of rotatable bonds is 3. The minimum Gasteiger partial charge on any atom is -0.459 e. The van der Waals surface area contributed by atoms with Crippen LogP contribution in [0.1, 0.15) is 69.9 Å². The highest BCUT2D eigenvalue weighted by Gasteiger charge is 2.29. The normalized spacial score (nSPS) is 17.5. The van der Waals surface area contributed by atoms with Gasteiger partial charge in [-0.05, 0) is 56.2 Å². The fourth-order valence-electron chi connectivity index (χ4n) is 3.88. The van der Waals surface area contributed by atoms with Gasteiger partial charge in [0, 0.05) is 18.0 Å². The predicted octanol–water partition coefficient (Wildman–Crippen LogP) is 4.49. The zero-order valence-electron chi connectivity index (χ0n) is 14.9. The van der Waals surface area contributed by atoms with E-state index in [1.165, 1.54) is 24.0 Å². The lowest BCUT2D eigenvalue weighted by Gasteiger charge is -2.22. The van der Waals surface area contributed by atoms with Gasteiger partial charge in [-0.1, -0.05) is 12.8 Å². The number of likely N-dealkylation sites (tertiary alicyclic amines) is 1. The first kappa shape index (κ1) is 17.3. The maximum absolute atomic E-state index is 13.3. The molecule has 3 heterocycles. The Hall–Kier alpha value is -2.08. The second-order valence-electron chi connectivity index (χ2n) is 7.05. The molecule has 1 aliphatic carbocycles. The Labute approximate surface area is 157 Å². The van der Waals surface area contributed by atoms with Crippen molar-refractivity contribution in [2.24, 2.45) is 0 Å². The maximum atomic E-state index is 13.3. The standard InChI is InChI=1S/C20H24N2O3S/c23-18(15-9-7-13-25-15)21-19-17(14-8-3-4-10-16(14)26-19)20(24)22-11-5-1-2-6-12-22/h7,9,13H,1-6,8,10-12H2,(H,21,23). The van der Waals surface area contributed by atoms with Gasteiger partial charge in [0.2, 0.25) is 0 Å². The van der Waals surface area contributed by atoms with E-state index >= 15 is 0 Å². The highest BCUT2D eigenvalue weighted by molar-refractivity contribution is 7.17. The van der Waals surface area contributed by atoms with Gasteiger partial charge in [0.25, 0.3) is 11.8 Å². The van der Waals surface area contributed by atoms with Gasteiger partial charge < -0.3 is 14.6 Å². The number of hydrogen-bond acceptors (Lipinski definition) is 4. The first-order valence-corrected chi connectivity index (χ1v) is 10.3. The van der Waals surface area contributed by atoms with Gasteiger partial charge in [-0.25, -0.2) is 0 Å². The predicted molar refractivity (Wildman–Crippen MR) is 102 cm³/mol. The Morgan fingerprint density at radius 3 is 2.54 bits per heavy atom. The summed E-state index contributed by atoms with van der Waals surface area (Å²) in [7, 11) is 0. The third-order valence-corrected chi connectivity index (χ3v) is 6.46. The van der Waals surface area contributed by atoms with E-state index in [2.05, 4.69) is 5.32 Å². The molecule has 5 nitrogen and oxygen atoms in total. The number of fused-ring (bicyclic) bond motifs is 1. The second kappa shape index (κ2) is 7.66. The summed E-state index contributed by atoms with van der Waals surface area (Å²) >= 11 is 1.56. The van der Waals surface area contributed by atoms with Crippen molar-refractivity contribution in [2.75, 3.05) is 18.4 Å². The highest BCUT2D eigenvalue weighted by Crippen LogP contribution is 2.39. The summed E-state index contributed by atoms with van der Waals surface area (Å²) in [5.74, 6) is 0.0594. The number of furan rings is 1. The van der Waals surface area contributed by atoms with Crippen LogP contribution in [0.4, 0.5) is 5.00 Å². The highest BCUT2D eigenvalue weighted by atomic mass is 32.1. The molecule has 0 atom stereocenters. The molecule has 1 N–H and O–H groups in total. The van der Waals surface area contributed by atoms with Gasteiger partial charge in [0.1, 0.15) is 5.00 Å². The van der Waals surface area contributed by atoms with Gasteiger partial charge >= 0.3 is 0 Å². The summed E-state index contributed by atoms with van der Waals surface area (Å²) in [5, 5.41) is 3.63. The lowest BCUT2D eigenvalue weighted by atomic mass is 9.95. The lowest BCUT2D eigenvalue weighted by molar-refractivity contribution is 0.0762. The molecule has 0 aromatic carbocycles. The Balaban J connectivity index is 1.66. The summed E-state index contributed by atoms with van der Waals surface area (Å²) in [4.78, 5) is 29.0. The molecule has 1 saturated heterocycles. The largest absolute Gasteiger partial charge is 0.459 e. The molecule has 0 saturated carbocycles. The summed E-state index contributed by atoms with van der Waals surface area (Å²) in [6, 6.07) is 3.33. The number of carbonyl (C=O) groups is 2. The molecule has 4 rings (SSSR count). The molecule has 1 fully saturated rings. The molecular formula is C20H24N2O3S. The molecule has 0 unspecified atom stereocenters. The second-order valence-corrected chi connectivity index (χ2v) is 8.16. The zero-order valence-corrected chi connectivity index (χ0v) is 15.7. The topological polar surface area (TPSA) is 62.6 Å². The van der Waals surface area contributed by atoms with Crippen LogP contribution in [0.15, 0.2) is 22.8 Å². The minimum atomic E-state index is -0.293. The number of anilines is 1. The van der Waals surface area contributed by atoms with Crippen molar-refractivity contribution in [1.29, 1.82) is 0 Å². The van der Waals surface area contributed by atoms with Gasteiger partial charge in [-0.2, -0.15) is 0 Å². The van der Waals surface area contributed by atoms with E-state index in [0.29, 0.717) is 5.00 Å². The molecule has 2 aliphatic rings. The van der Waals surface area contributed by atoms with Crippen LogP contribution in [0, 0.1) is 0 Å². The Kier molecular flexibility index (Phi) is 5.11. The summed E-state index contributed by atoms with van der Waals surface area (Å²) in [6.45, 7) is 1.63.